The van der Waals surface area contributed by atoms with Crippen molar-refractivity contribution >= 4 is 22.9 Å². The zero-order valence-electron chi connectivity index (χ0n) is 12.4. The minimum atomic E-state index is 0.0560. The Hall–Kier alpha value is -1.68. The number of anilines is 1. The minimum Gasteiger partial charge on any atom is -0.326 e. The highest BCUT2D eigenvalue weighted by molar-refractivity contribution is 7.11. The summed E-state index contributed by atoms with van der Waals surface area (Å²) in [7, 11) is 0. The summed E-state index contributed by atoms with van der Waals surface area (Å²) < 4.78 is 0. The number of aryl methyl sites for hydroxylation is 5. The van der Waals surface area contributed by atoms with E-state index in [9.17, 15) is 4.79 Å². The summed E-state index contributed by atoms with van der Waals surface area (Å²) in [5.74, 6) is 0.0560. The number of benzene rings is 1. The van der Waals surface area contributed by atoms with Crippen LogP contribution in [0.2, 0.25) is 0 Å². The van der Waals surface area contributed by atoms with Gasteiger partial charge in [0.05, 0.1) is 10.7 Å². The maximum Gasteiger partial charge on any atom is 0.224 e. The second-order valence-corrected chi connectivity index (χ2v) is 6.45. The molecule has 1 aromatic heterocycles. The molecule has 0 aliphatic carbocycles. The van der Waals surface area contributed by atoms with E-state index in [4.69, 9.17) is 0 Å². The number of amides is 1. The lowest BCUT2D eigenvalue weighted by Crippen LogP contribution is -2.12. The number of aromatic nitrogens is 1. The Bertz CT molecular complexity index is 611. The van der Waals surface area contributed by atoms with Crippen molar-refractivity contribution in [3.05, 3.63) is 44.9 Å². The largest absolute Gasteiger partial charge is 0.326 e. The maximum atomic E-state index is 12.0. The van der Waals surface area contributed by atoms with Crippen LogP contribution in [-0.4, -0.2) is 10.9 Å². The van der Waals surface area contributed by atoms with Gasteiger partial charge < -0.3 is 5.32 Å². The summed E-state index contributed by atoms with van der Waals surface area (Å²) in [6.45, 7) is 8.07. The molecule has 1 amide bonds. The fraction of sp³-hybridized carbons (Fsp3) is 0.375. The van der Waals surface area contributed by atoms with Crippen LogP contribution in [-0.2, 0) is 11.2 Å². The van der Waals surface area contributed by atoms with Crippen molar-refractivity contribution in [3.8, 4) is 0 Å². The number of thiazole rings is 1. The van der Waals surface area contributed by atoms with E-state index in [0.29, 0.717) is 6.42 Å². The second kappa shape index (κ2) is 6.18. The predicted octanol–water partition coefficient (Wildman–Crippen LogP) is 3.95. The van der Waals surface area contributed by atoms with Gasteiger partial charge in [0.15, 0.2) is 0 Å². The average molecular weight is 288 g/mol. The lowest BCUT2D eigenvalue weighted by atomic mass is 10.1. The summed E-state index contributed by atoms with van der Waals surface area (Å²) in [4.78, 5) is 17.6. The molecule has 1 aromatic carbocycles. The molecule has 20 heavy (non-hydrogen) atoms. The number of hydrogen-bond acceptors (Lipinski definition) is 3. The van der Waals surface area contributed by atoms with Crippen LogP contribution >= 0.6 is 11.3 Å². The molecule has 2 aromatic rings. The first kappa shape index (κ1) is 14.7. The first-order valence-corrected chi connectivity index (χ1v) is 7.57. The molecule has 1 heterocycles. The first-order chi connectivity index (χ1) is 9.44. The molecule has 4 heteroatoms. The molecule has 0 aliphatic rings. The van der Waals surface area contributed by atoms with Crippen molar-refractivity contribution in [3.63, 3.8) is 0 Å². The lowest BCUT2D eigenvalue weighted by Gasteiger charge is -2.07. The number of carbonyl (C=O) groups excluding carboxylic acids is 1. The number of rotatable bonds is 4. The monoisotopic (exact) mass is 288 g/mol. The fourth-order valence-corrected chi connectivity index (χ4v) is 3.24. The van der Waals surface area contributed by atoms with Gasteiger partial charge in [-0.25, -0.2) is 4.98 Å². The van der Waals surface area contributed by atoms with E-state index < -0.39 is 0 Å². The van der Waals surface area contributed by atoms with E-state index >= 15 is 0 Å². The van der Waals surface area contributed by atoms with Gasteiger partial charge in [-0.05, 0) is 57.4 Å². The van der Waals surface area contributed by atoms with Gasteiger partial charge in [-0.3, -0.25) is 4.79 Å². The predicted molar refractivity (Wildman–Crippen MR) is 84.5 cm³/mol. The standard InChI is InChI=1S/C16H20N2OS/c1-10-7-11(2)9-14(8-10)18-16(19)6-5-15-12(3)17-13(4)20-15/h7-9H,5-6H2,1-4H3,(H,18,19). The topological polar surface area (TPSA) is 42.0 Å². The smallest absolute Gasteiger partial charge is 0.224 e. The average Bonchev–Trinajstić information content (AvgIpc) is 2.64. The number of hydrogen-bond donors (Lipinski definition) is 1. The van der Waals surface area contributed by atoms with Gasteiger partial charge in [0, 0.05) is 17.0 Å². The molecule has 0 saturated carbocycles. The summed E-state index contributed by atoms with van der Waals surface area (Å²) in [5.41, 5.74) is 4.25. The Labute approximate surface area is 124 Å². The van der Waals surface area contributed by atoms with E-state index in [-0.39, 0.29) is 5.91 Å². The molecule has 0 radical (unpaired) electrons. The zero-order valence-corrected chi connectivity index (χ0v) is 13.2. The van der Waals surface area contributed by atoms with Crippen LogP contribution in [0.5, 0.6) is 0 Å². The Morgan fingerprint density at radius 3 is 2.35 bits per heavy atom. The van der Waals surface area contributed by atoms with Crippen LogP contribution in [0, 0.1) is 27.7 Å². The van der Waals surface area contributed by atoms with E-state index in [1.54, 1.807) is 11.3 Å². The third-order valence-corrected chi connectivity index (χ3v) is 4.22. The molecule has 106 valence electrons. The normalized spacial score (nSPS) is 10.6. The number of carbonyl (C=O) groups is 1. The second-order valence-electron chi connectivity index (χ2n) is 5.17. The summed E-state index contributed by atoms with van der Waals surface area (Å²) in [5, 5.41) is 4.03. The van der Waals surface area contributed by atoms with Crippen molar-refractivity contribution in [2.75, 3.05) is 5.32 Å². The zero-order chi connectivity index (χ0) is 14.7. The molecule has 0 saturated heterocycles. The van der Waals surface area contributed by atoms with Gasteiger partial charge in [-0.2, -0.15) is 0 Å². The quantitative estimate of drug-likeness (QED) is 0.925. The van der Waals surface area contributed by atoms with Crippen molar-refractivity contribution in [1.82, 2.24) is 4.98 Å². The highest BCUT2D eigenvalue weighted by atomic mass is 32.1. The van der Waals surface area contributed by atoms with Crippen molar-refractivity contribution in [2.24, 2.45) is 0 Å². The van der Waals surface area contributed by atoms with Gasteiger partial charge >= 0.3 is 0 Å². The third-order valence-electron chi connectivity index (χ3n) is 3.08. The highest BCUT2D eigenvalue weighted by Gasteiger charge is 2.08. The molecule has 0 atom stereocenters. The van der Waals surface area contributed by atoms with Crippen LogP contribution in [0.1, 0.15) is 33.1 Å². The van der Waals surface area contributed by atoms with Gasteiger partial charge in [-0.1, -0.05) is 6.07 Å². The fourth-order valence-electron chi connectivity index (χ4n) is 2.30. The number of nitrogens with one attached hydrogen (secondary N) is 1. The van der Waals surface area contributed by atoms with Crippen LogP contribution in [0.3, 0.4) is 0 Å². The van der Waals surface area contributed by atoms with Crippen LogP contribution in [0.25, 0.3) is 0 Å². The lowest BCUT2D eigenvalue weighted by molar-refractivity contribution is -0.116. The molecule has 0 bridgehead atoms. The summed E-state index contributed by atoms with van der Waals surface area (Å²) in [6, 6.07) is 6.08. The van der Waals surface area contributed by atoms with Crippen LogP contribution in [0.4, 0.5) is 5.69 Å². The Morgan fingerprint density at radius 1 is 1.15 bits per heavy atom. The molecule has 0 spiro atoms. The Kier molecular flexibility index (Phi) is 4.55. The molecule has 2 rings (SSSR count). The summed E-state index contributed by atoms with van der Waals surface area (Å²) >= 11 is 1.68. The molecule has 1 N–H and O–H groups in total. The summed E-state index contributed by atoms with van der Waals surface area (Å²) in [6.07, 6.45) is 1.25. The van der Waals surface area contributed by atoms with Gasteiger partial charge in [0.2, 0.25) is 5.91 Å². The third kappa shape index (κ3) is 3.90. The molecular formula is C16H20N2OS. The Morgan fingerprint density at radius 2 is 1.80 bits per heavy atom. The van der Waals surface area contributed by atoms with Crippen LogP contribution in [0.15, 0.2) is 18.2 Å². The molecule has 0 aliphatic heterocycles. The molecular weight excluding hydrogens is 268 g/mol. The van der Waals surface area contributed by atoms with Crippen molar-refractivity contribution in [1.29, 1.82) is 0 Å². The van der Waals surface area contributed by atoms with E-state index in [1.165, 1.54) is 4.88 Å². The Balaban J connectivity index is 1.94. The maximum absolute atomic E-state index is 12.0. The van der Waals surface area contributed by atoms with E-state index in [2.05, 4.69) is 16.4 Å². The van der Waals surface area contributed by atoms with Gasteiger partial charge in [0.1, 0.15) is 0 Å². The molecule has 0 fully saturated rings. The van der Waals surface area contributed by atoms with Crippen molar-refractivity contribution < 1.29 is 4.79 Å². The first-order valence-electron chi connectivity index (χ1n) is 6.75. The van der Waals surface area contributed by atoms with Gasteiger partial charge in [0.25, 0.3) is 0 Å². The van der Waals surface area contributed by atoms with Crippen LogP contribution < -0.4 is 5.32 Å². The van der Waals surface area contributed by atoms with Crippen molar-refractivity contribution in [2.45, 2.75) is 40.5 Å². The number of nitrogens with zero attached hydrogens (tertiary/aromatic N) is 1. The SMILES string of the molecule is Cc1cc(C)cc(NC(=O)CCc2sc(C)nc2C)c1. The minimum absolute atomic E-state index is 0.0560. The highest BCUT2D eigenvalue weighted by Crippen LogP contribution is 2.19. The van der Waals surface area contributed by atoms with E-state index in [0.717, 1.165) is 33.9 Å². The molecule has 3 nitrogen and oxygen atoms in total. The van der Waals surface area contributed by atoms with E-state index in [1.807, 2.05) is 39.8 Å². The van der Waals surface area contributed by atoms with Gasteiger partial charge in [-0.15, -0.1) is 11.3 Å². The molecule has 0 unspecified atom stereocenters.